The number of para-hydroxylation sites is 4. The van der Waals surface area contributed by atoms with E-state index in [0.29, 0.717) is 0 Å². The van der Waals surface area contributed by atoms with Gasteiger partial charge in [-0.15, -0.1) is 0 Å². The van der Waals surface area contributed by atoms with Crippen molar-refractivity contribution in [1.29, 1.82) is 0 Å². The maximum atomic E-state index is 6.61. The van der Waals surface area contributed by atoms with Crippen LogP contribution in [0, 0.1) is 0 Å². The van der Waals surface area contributed by atoms with Crippen LogP contribution in [0.25, 0.3) is 43.9 Å². The van der Waals surface area contributed by atoms with Gasteiger partial charge in [-0.2, -0.15) is 0 Å². The summed E-state index contributed by atoms with van der Waals surface area (Å²) < 4.78 is 12.3. The monoisotopic (exact) mass is 359 g/mol. The van der Waals surface area contributed by atoms with E-state index in [-0.39, 0.29) is 0 Å². The predicted molar refractivity (Wildman–Crippen MR) is 115 cm³/mol. The first-order valence-electron chi connectivity index (χ1n) is 9.16. The maximum Gasteiger partial charge on any atom is 0.235 e. The lowest BCUT2D eigenvalue weighted by Gasteiger charge is -2.20. The molecule has 4 heteroatoms. The van der Waals surface area contributed by atoms with Crippen LogP contribution in [0.2, 0.25) is 0 Å². The molecule has 0 N–H and O–H groups in total. The van der Waals surface area contributed by atoms with Gasteiger partial charge in [0.15, 0.2) is 11.2 Å². The summed E-state index contributed by atoms with van der Waals surface area (Å²) in [5.41, 5.74) is 4.81. The fraction of sp³-hybridized carbons (Fsp3) is 0. The normalized spacial score (nSPS) is 11.7. The molecule has 0 aliphatic carbocycles. The predicted octanol–water partition coefficient (Wildman–Crippen LogP) is 6.71. The highest BCUT2D eigenvalue weighted by Crippen LogP contribution is 2.40. The van der Waals surface area contributed by atoms with Gasteiger partial charge in [-0.1, -0.05) is 60.7 Å². The molecule has 3 nitrogen and oxygen atoms in total. The summed E-state index contributed by atoms with van der Waals surface area (Å²) in [5.74, 6) is 0. The van der Waals surface area contributed by atoms with Crippen molar-refractivity contribution in [2.45, 2.75) is 0 Å². The molecule has 6 rings (SSSR count). The average Bonchev–Trinajstić information content (AvgIpc) is 3.31. The molecule has 2 heterocycles. The molecule has 0 saturated heterocycles. The average molecular weight is 359 g/mol. The molecule has 0 saturated carbocycles. The van der Waals surface area contributed by atoms with Crippen molar-refractivity contribution in [1.82, 2.24) is 0 Å². The summed E-state index contributed by atoms with van der Waals surface area (Å²) in [6.07, 6.45) is 0. The second-order valence-corrected chi connectivity index (χ2v) is 6.87. The number of hydrogen-bond donors (Lipinski definition) is 0. The van der Waals surface area contributed by atoms with Gasteiger partial charge in [0.25, 0.3) is 0 Å². The van der Waals surface area contributed by atoms with Crippen molar-refractivity contribution in [3.05, 3.63) is 84.9 Å². The molecular formula is C24H14BNO2. The quantitative estimate of drug-likeness (QED) is 0.322. The molecule has 2 aromatic heterocycles. The van der Waals surface area contributed by atoms with Gasteiger partial charge in [0.2, 0.25) is 7.98 Å². The Hall–Kier alpha value is -3.66. The third-order valence-electron chi connectivity index (χ3n) is 5.29. The summed E-state index contributed by atoms with van der Waals surface area (Å²) in [7, 11) is 6.61. The Morgan fingerprint density at radius 2 is 0.929 bits per heavy atom. The van der Waals surface area contributed by atoms with Crippen LogP contribution >= 0.6 is 0 Å². The molecule has 4 aromatic carbocycles. The van der Waals surface area contributed by atoms with Crippen LogP contribution in [0.3, 0.4) is 0 Å². The number of fused-ring (bicyclic) bond motifs is 6. The van der Waals surface area contributed by atoms with E-state index in [1.807, 2.05) is 60.7 Å². The van der Waals surface area contributed by atoms with Crippen LogP contribution in [0.1, 0.15) is 0 Å². The summed E-state index contributed by atoms with van der Waals surface area (Å²) in [4.78, 5) is 1.65. The first-order valence-corrected chi connectivity index (χ1v) is 9.16. The molecule has 0 unspecified atom stereocenters. The molecule has 0 aliphatic rings. The Labute approximate surface area is 162 Å². The highest BCUT2D eigenvalue weighted by molar-refractivity contribution is 6.28. The Bertz CT molecular complexity index is 1380. The molecule has 0 fully saturated rings. The van der Waals surface area contributed by atoms with Gasteiger partial charge in [-0.05, 0) is 24.3 Å². The third kappa shape index (κ3) is 2.06. The van der Waals surface area contributed by atoms with Gasteiger partial charge in [-0.3, -0.25) is 0 Å². The van der Waals surface area contributed by atoms with E-state index in [4.69, 9.17) is 16.8 Å². The number of furan rings is 2. The molecule has 28 heavy (non-hydrogen) atoms. The minimum Gasteiger partial charge on any atom is -0.454 e. The van der Waals surface area contributed by atoms with Crippen molar-refractivity contribution in [2.24, 2.45) is 0 Å². The van der Waals surface area contributed by atoms with Crippen LogP contribution < -0.4 is 4.81 Å². The smallest absolute Gasteiger partial charge is 0.235 e. The van der Waals surface area contributed by atoms with Gasteiger partial charge in [0, 0.05) is 21.5 Å². The van der Waals surface area contributed by atoms with Crippen LogP contribution in [-0.4, -0.2) is 7.98 Å². The minimum absolute atomic E-state index is 0.763. The van der Waals surface area contributed by atoms with Crippen molar-refractivity contribution in [3.8, 4) is 0 Å². The topological polar surface area (TPSA) is 29.5 Å². The van der Waals surface area contributed by atoms with E-state index in [1.165, 1.54) is 0 Å². The second-order valence-electron chi connectivity index (χ2n) is 6.87. The van der Waals surface area contributed by atoms with Crippen molar-refractivity contribution in [2.75, 3.05) is 4.81 Å². The van der Waals surface area contributed by atoms with Crippen molar-refractivity contribution in [3.63, 3.8) is 0 Å². The standard InChI is InChI=1S/C24H14BNO2/c25-26(19-11-5-9-17-15-7-1-3-13-21(15)27-23(17)19)20-12-6-10-18-16-8-2-4-14-22(16)28-24(18)20/h1-14H. The molecule has 130 valence electrons. The SMILES string of the molecule is [B]N(c1cccc2c1oc1ccccc12)c1cccc2c1oc1ccccc12. The summed E-state index contributed by atoms with van der Waals surface area (Å²) >= 11 is 0. The van der Waals surface area contributed by atoms with E-state index >= 15 is 0 Å². The van der Waals surface area contributed by atoms with Crippen LogP contribution in [-0.2, 0) is 0 Å². The first kappa shape index (κ1) is 15.4. The van der Waals surface area contributed by atoms with Crippen LogP contribution in [0.15, 0.2) is 93.8 Å². The lowest BCUT2D eigenvalue weighted by molar-refractivity contribution is 0.667. The molecule has 0 aliphatic heterocycles. The third-order valence-corrected chi connectivity index (χ3v) is 5.29. The second kappa shape index (κ2) is 5.67. The minimum atomic E-state index is 0.763. The maximum absolute atomic E-state index is 6.61. The largest absolute Gasteiger partial charge is 0.454 e. The van der Waals surface area contributed by atoms with Crippen LogP contribution in [0.4, 0.5) is 11.4 Å². The van der Waals surface area contributed by atoms with Crippen molar-refractivity contribution < 1.29 is 8.83 Å². The zero-order chi connectivity index (χ0) is 18.7. The summed E-state index contributed by atoms with van der Waals surface area (Å²) in [6, 6.07) is 28.1. The zero-order valence-electron chi connectivity index (χ0n) is 14.9. The van der Waals surface area contributed by atoms with E-state index in [2.05, 4.69) is 24.3 Å². The fourth-order valence-electron chi connectivity index (χ4n) is 3.97. The van der Waals surface area contributed by atoms with Crippen LogP contribution in [0.5, 0.6) is 0 Å². The first-order chi connectivity index (χ1) is 13.8. The van der Waals surface area contributed by atoms with Gasteiger partial charge in [-0.25, -0.2) is 0 Å². The van der Waals surface area contributed by atoms with E-state index < -0.39 is 0 Å². The Morgan fingerprint density at radius 1 is 0.500 bits per heavy atom. The van der Waals surface area contributed by atoms with Gasteiger partial charge in [0.05, 0.1) is 11.4 Å². The van der Waals surface area contributed by atoms with Gasteiger partial charge < -0.3 is 13.6 Å². The number of rotatable bonds is 2. The summed E-state index contributed by atoms with van der Waals surface area (Å²) in [5, 5.41) is 4.24. The Morgan fingerprint density at radius 3 is 1.43 bits per heavy atom. The van der Waals surface area contributed by atoms with E-state index in [9.17, 15) is 0 Å². The highest BCUT2D eigenvalue weighted by atomic mass is 16.3. The molecule has 2 radical (unpaired) electrons. The Balaban J connectivity index is 1.62. The molecule has 0 bridgehead atoms. The fourth-order valence-corrected chi connectivity index (χ4v) is 3.97. The molecule has 0 atom stereocenters. The zero-order valence-corrected chi connectivity index (χ0v) is 14.9. The number of nitrogens with zero attached hydrogens (tertiary/aromatic N) is 1. The molecular weight excluding hydrogens is 345 g/mol. The molecule has 0 spiro atoms. The van der Waals surface area contributed by atoms with E-state index in [1.54, 1.807) is 4.81 Å². The van der Waals surface area contributed by atoms with Gasteiger partial charge in [0.1, 0.15) is 11.2 Å². The number of hydrogen-bond acceptors (Lipinski definition) is 3. The number of benzene rings is 4. The Kier molecular flexibility index (Phi) is 3.12. The highest BCUT2D eigenvalue weighted by Gasteiger charge is 2.18. The number of anilines is 2. The van der Waals surface area contributed by atoms with Crippen molar-refractivity contribution >= 4 is 63.2 Å². The lowest BCUT2D eigenvalue weighted by atomic mass is 10.1. The van der Waals surface area contributed by atoms with E-state index in [0.717, 1.165) is 55.3 Å². The molecule has 0 amide bonds. The van der Waals surface area contributed by atoms with Gasteiger partial charge >= 0.3 is 0 Å². The summed E-state index contributed by atoms with van der Waals surface area (Å²) in [6.45, 7) is 0. The lowest BCUT2D eigenvalue weighted by Crippen LogP contribution is -2.12. The molecule has 6 aromatic rings.